The SMILES string of the molecule is CC1CN(P)CC1=O. The Morgan fingerprint density at radius 1 is 1.88 bits per heavy atom. The molecule has 1 fully saturated rings. The van der Waals surface area contributed by atoms with Gasteiger partial charge in [0.05, 0.1) is 6.54 Å². The van der Waals surface area contributed by atoms with Crippen LogP contribution in [-0.4, -0.2) is 23.5 Å². The first kappa shape index (κ1) is 6.18. The van der Waals surface area contributed by atoms with Gasteiger partial charge in [0.2, 0.25) is 0 Å². The molecule has 0 radical (unpaired) electrons. The van der Waals surface area contributed by atoms with Crippen LogP contribution < -0.4 is 0 Å². The highest BCUT2D eigenvalue weighted by atomic mass is 31.0. The van der Waals surface area contributed by atoms with Crippen molar-refractivity contribution in [1.29, 1.82) is 0 Å². The van der Waals surface area contributed by atoms with Crippen LogP contribution in [0.2, 0.25) is 0 Å². The summed E-state index contributed by atoms with van der Waals surface area (Å²) in [6.07, 6.45) is 0. The number of Topliss-reactive ketones (excluding diaryl/α,β-unsaturated/α-hetero) is 1. The smallest absolute Gasteiger partial charge is 0.151 e. The van der Waals surface area contributed by atoms with Crippen molar-refractivity contribution in [3.05, 3.63) is 0 Å². The van der Waals surface area contributed by atoms with Gasteiger partial charge in [0.1, 0.15) is 0 Å². The van der Waals surface area contributed by atoms with Gasteiger partial charge < -0.3 is 0 Å². The van der Waals surface area contributed by atoms with Crippen molar-refractivity contribution in [3.8, 4) is 0 Å². The van der Waals surface area contributed by atoms with Crippen molar-refractivity contribution in [2.24, 2.45) is 5.92 Å². The summed E-state index contributed by atoms with van der Waals surface area (Å²) >= 11 is 0. The molecule has 2 atom stereocenters. The van der Waals surface area contributed by atoms with Crippen LogP contribution in [0.3, 0.4) is 0 Å². The van der Waals surface area contributed by atoms with Crippen LogP contribution in [0.4, 0.5) is 0 Å². The van der Waals surface area contributed by atoms with Gasteiger partial charge in [0.15, 0.2) is 5.78 Å². The molecule has 1 aliphatic heterocycles. The second-order valence-electron chi connectivity index (χ2n) is 2.30. The Balaban J connectivity index is 2.51. The quantitative estimate of drug-likeness (QED) is 0.440. The van der Waals surface area contributed by atoms with Crippen molar-refractivity contribution >= 4 is 15.2 Å². The van der Waals surface area contributed by atoms with Crippen LogP contribution in [0.15, 0.2) is 0 Å². The van der Waals surface area contributed by atoms with Gasteiger partial charge in [-0.2, -0.15) is 0 Å². The molecule has 0 aromatic heterocycles. The summed E-state index contributed by atoms with van der Waals surface area (Å²) < 4.78 is 1.97. The molecule has 3 heteroatoms. The molecular weight excluding hydrogens is 121 g/mol. The second-order valence-corrected chi connectivity index (χ2v) is 3.03. The summed E-state index contributed by atoms with van der Waals surface area (Å²) in [5, 5.41) is 0. The summed E-state index contributed by atoms with van der Waals surface area (Å²) in [5.74, 6) is 0.618. The number of hydrogen-bond donors (Lipinski definition) is 0. The van der Waals surface area contributed by atoms with E-state index in [0.29, 0.717) is 12.3 Å². The minimum absolute atomic E-state index is 0.257. The first-order chi connectivity index (χ1) is 3.70. The molecule has 0 aromatic carbocycles. The Morgan fingerprint density at radius 2 is 2.50 bits per heavy atom. The van der Waals surface area contributed by atoms with Gasteiger partial charge in [0.25, 0.3) is 0 Å². The molecule has 8 heavy (non-hydrogen) atoms. The molecule has 2 unspecified atom stereocenters. The Morgan fingerprint density at radius 3 is 2.62 bits per heavy atom. The highest BCUT2D eigenvalue weighted by molar-refractivity contribution is 7.13. The number of carbonyl (C=O) groups is 1. The van der Waals surface area contributed by atoms with Crippen molar-refractivity contribution in [1.82, 2.24) is 4.67 Å². The maximum Gasteiger partial charge on any atom is 0.151 e. The molecule has 0 bridgehead atoms. The summed E-state index contributed by atoms with van der Waals surface area (Å²) in [5.41, 5.74) is 0. The van der Waals surface area contributed by atoms with E-state index in [2.05, 4.69) is 9.39 Å². The van der Waals surface area contributed by atoms with Gasteiger partial charge >= 0.3 is 0 Å². The Kier molecular flexibility index (Phi) is 1.64. The van der Waals surface area contributed by atoms with Crippen molar-refractivity contribution in [2.75, 3.05) is 13.1 Å². The molecular formula is C5H10NOP. The number of hydrogen-bond acceptors (Lipinski definition) is 2. The number of carbonyl (C=O) groups excluding carboxylic acids is 1. The van der Waals surface area contributed by atoms with Gasteiger partial charge in [-0.3, -0.25) is 9.46 Å². The Hall–Kier alpha value is 0.0600. The third kappa shape index (κ3) is 1.07. The predicted octanol–water partition coefficient (Wildman–Crippen LogP) is 0.297. The average Bonchev–Trinajstić information content (AvgIpc) is 1.85. The van der Waals surface area contributed by atoms with Crippen LogP contribution in [0, 0.1) is 5.92 Å². The van der Waals surface area contributed by atoms with E-state index in [1.807, 2.05) is 11.6 Å². The van der Waals surface area contributed by atoms with Crippen LogP contribution in [-0.2, 0) is 4.79 Å². The lowest BCUT2D eigenvalue weighted by molar-refractivity contribution is -0.119. The van der Waals surface area contributed by atoms with Crippen LogP contribution >= 0.6 is 9.39 Å². The fraction of sp³-hybridized carbons (Fsp3) is 0.800. The van der Waals surface area contributed by atoms with E-state index in [0.717, 1.165) is 6.54 Å². The van der Waals surface area contributed by atoms with E-state index in [9.17, 15) is 4.79 Å². The van der Waals surface area contributed by atoms with Gasteiger partial charge in [0, 0.05) is 12.5 Å². The van der Waals surface area contributed by atoms with Crippen LogP contribution in [0.5, 0.6) is 0 Å². The van der Waals surface area contributed by atoms with E-state index in [1.54, 1.807) is 0 Å². The third-order valence-electron chi connectivity index (χ3n) is 1.42. The standard InChI is InChI=1S/C5H10NOP/c1-4-2-6(8)3-5(4)7/h4H,2-3,8H2,1H3. The van der Waals surface area contributed by atoms with E-state index < -0.39 is 0 Å². The lowest BCUT2D eigenvalue weighted by atomic mass is 10.1. The van der Waals surface area contributed by atoms with Crippen LogP contribution in [0.1, 0.15) is 6.92 Å². The molecule has 46 valence electrons. The molecule has 2 nitrogen and oxygen atoms in total. The zero-order valence-corrected chi connectivity index (χ0v) is 6.08. The molecule has 0 N–H and O–H groups in total. The number of nitrogens with zero attached hydrogens (tertiary/aromatic N) is 1. The van der Waals surface area contributed by atoms with Gasteiger partial charge in [-0.05, 0) is 0 Å². The van der Waals surface area contributed by atoms with Crippen molar-refractivity contribution in [2.45, 2.75) is 6.92 Å². The maximum absolute atomic E-state index is 10.7. The van der Waals surface area contributed by atoms with E-state index in [1.165, 1.54) is 0 Å². The molecule has 0 aromatic rings. The van der Waals surface area contributed by atoms with Gasteiger partial charge in [-0.1, -0.05) is 16.3 Å². The highest BCUT2D eigenvalue weighted by Crippen LogP contribution is 2.14. The molecule has 0 spiro atoms. The topological polar surface area (TPSA) is 20.3 Å². The Bertz CT molecular complexity index is 115. The lowest BCUT2D eigenvalue weighted by Gasteiger charge is -2.01. The van der Waals surface area contributed by atoms with E-state index in [4.69, 9.17) is 0 Å². The van der Waals surface area contributed by atoms with Gasteiger partial charge in [-0.25, -0.2) is 0 Å². The fourth-order valence-corrected chi connectivity index (χ4v) is 1.37. The highest BCUT2D eigenvalue weighted by Gasteiger charge is 2.23. The van der Waals surface area contributed by atoms with E-state index >= 15 is 0 Å². The first-order valence-corrected chi connectivity index (χ1v) is 3.24. The second kappa shape index (κ2) is 2.12. The normalized spacial score (nSPS) is 31.8. The summed E-state index contributed by atoms with van der Waals surface area (Å²) in [4.78, 5) is 10.7. The number of ketones is 1. The van der Waals surface area contributed by atoms with Crippen molar-refractivity contribution < 1.29 is 4.79 Å². The van der Waals surface area contributed by atoms with Crippen LogP contribution in [0.25, 0.3) is 0 Å². The lowest BCUT2D eigenvalue weighted by Crippen LogP contribution is -2.05. The molecule has 1 aliphatic rings. The van der Waals surface area contributed by atoms with E-state index in [-0.39, 0.29) is 5.92 Å². The zero-order valence-electron chi connectivity index (χ0n) is 4.92. The zero-order chi connectivity index (χ0) is 6.15. The molecule has 1 saturated heterocycles. The summed E-state index contributed by atoms with van der Waals surface area (Å²) in [6.45, 7) is 3.49. The summed E-state index contributed by atoms with van der Waals surface area (Å²) in [6, 6.07) is 0. The largest absolute Gasteiger partial charge is 0.298 e. The third-order valence-corrected chi connectivity index (χ3v) is 1.81. The summed E-state index contributed by atoms with van der Waals surface area (Å²) in [7, 11) is 2.53. The first-order valence-electron chi connectivity index (χ1n) is 2.72. The average molecular weight is 131 g/mol. The molecule has 1 rings (SSSR count). The molecule has 0 aliphatic carbocycles. The minimum Gasteiger partial charge on any atom is -0.298 e. The molecule has 0 amide bonds. The fourth-order valence-electron chi connectivity index (χ4n) is 0.874. The molecule has 1 heterocycles. The minimum atomic E-state index is 0.257. The van der Waals surface area contributed by atoms with Gasteiger partial charge in [-0.15, -0.1) is 0 Å². The van der Waals surface area contributed by atoms with Crippen molar-refractivity contribution in [3.63, 3.8) is 0 Å². The monoisotopic (exact) mass is 131 g/mol. The Labute approximate surface area is 51.5 Å². The predicted molar refractivity (Wildman–Crippen MR) is 35.5 cm³/mol. The number of rotatable bonds is 0. The molecule has 0 saturated carbocycles. The maximum atomic E-state index is 10.7.